The van der Waals surface area contributed by atoms with Crippen molar-refractivity contribution < 1.29 is 37.5 Å². The van der Waals surface area contributed by atoms with Gasteiger partial charge in [0.05, 0.1) is 12.0 Å². The van der Waals surface area contributed by atoms with E-state index in [1.165, 1.54) is 29.7 Å². The van der Waals surface area contributed by atoms with Gasteiger partial charge in [-0.1, -0.05) is 30.4 Å². The Morgan fingerprint density at radius 3 is 2.68 bits per heavy atom. The lowest BCUT2D eigenvalue weighted by molar-refractivity contribution is -0.240. The van der Waals surface area contributed by atoms with Crippen LogP contribution in [-0.2, 0) is 30.6 Å². The van der Waals surface area contributed by atoms with Crippen LogP contribution in [0.3, 0.4) is 0 Å². The number of nitrogens with zero attached hydrogens (tertiary/aromatic N) is 1. The van der Waals surface area contributed by atoms with Gasteiger partial charge < -0.3 is 19.5 Å². The van der Waals surface area contributed by atoms with Crippen molar-refractivity contribution in [1.29, 1.82) is 0 Å². The highest BCUT2D eigenvalue weighted by molar-refractivity contribution is 7.71. The molecule has 2 aliphatic heterocycles. The lowest BCUT2D eigenvalue weighted by atomic mass is 9.59. The number of rotatable bonds is 4. The number of aryl methyl sites for hydroxylation is 2. The number of aromatic amines is 1. The Labute approximate surface area is 202 Å². The summed E-state index contributed by atoms with van der Waals surface area (Å²) in [5.41, 5.74) is -1.09. The fraction of sp³-hybridized carbons (Fsp3) is 0.444. The van der Waals surface area contributed by atoms with Gasteiger partial charge in [0, 0.05) is 17.3 Å². The van der Waals surface area contributed by atoms with E-state index in [9.17, 15) is 19.6 Å². The normalized spacial score (nSPS) is 33.3. The zero-order valence-electron chi connectivity index (χ0n) is 19.2. The van der Waals surface area contributed by atoms with E-state index >= 15 is 4.39 Å². The Bertz CT molecular complexity index is 1320. The molecule has 5 atom stereocenters. The molecule has 0 saturated carbocycles. The van der Waals surface area contributed by atoms with Crippen molar-refractivity contribution in [2.24, 2.45) is 0 Å². The molecule has 0 bridgehead atoms. The molecule has 0 amide bonds. The molecule has 4 rings (SSSR count). The van der Waals surface area contributed by atoms with Gasteiger partial charge in [-0.05, 0) is 19.4 Å². The molecule has 34 heavy (non-hydrogen) atoms. The molecular weight excluding hydrogens is 487 g/mol. The highest BCUT2D eigenvalue weighted by Gasteiger charge is 2.69. The maximum absolute atomic E-state index is 16.4. The third-order valence-electron chi connectivity index (χ3n) is 6.22. The second kappa shape index (κ2) is 8.16. The standard InChI is InChI=1S/C18H23B3FN2O8PS/c1-8-4-3-5-10-7-29-33(28,30-11(8)10)32-18(20,21)16(22)12(25)13(26)17(19,31-16)24-6-9(2)14(34)23-15(24)27/h3-6,12-13,25-26H,7,19-21H2,1-2H3,(H,23,27,34)/t12-,13+,16-,17-,33?/m0/s1. The van der Waals surface area contributed by atoms with Gasteiger partial charge in [-0.3, -0.25) is 18.6 Å². The Hall–Kier alpha value is -1.73. The molecule has 1 saturated heterocycles. The number of aliphatic hydroxyl groups excluding tert-OH is 2. The Balaban J connectivity index is 1.69. The van der Waals surface area contributed by atoms with E-state index in [0.717, 1.165) is 4.57 Å². The topological polar surface area (TPSA) is 132 Å². The molecule has 180 valence electrons. The van der Waals surface area contributed by atoms with E-state index in [1.54, 1.807) is 32.0 Å². The number of hydrogen-bond donors (Lipinski definition) is 3. The average molecular weight is 510 g/mol. The smallest absolute Gasteiger partial charge is 0.403 e. The summed E-state index contributed by atoms with van der Waals surface area (Å²) < 4.78 is 52.7. The molecule has 1 unspecified atom stereocenters. The summed E-state index contributed by atoms with van der Waals surface area (Å²) in [5, 5.41) is 19.3. The molecular formula is C18H23B3FN2O8PS. The SMILES string of the molecule is BC(B)(OP1(=O)OCc2cccc(C)c2O1)[C@@]1(F)O[C@@](B)(n2cc(C)c(=S)[nH]c2=O)[C@H](O)[C@@H]1O. The van der Waals surface area contributed by atoms with Gasteiger partial charge >= 0.3 is 13.5 Å². The molecule has 2 aromatic rings. The van der Waals surface area contributed by atoms with Crippen LogP contribution in [0.25, 0.3) is 0 Å². The fourth-order valence-electron chi connectivity index (χ4n) is 4.12. The highest BCUT2D eigenvalue weighted by Crippen LogP contribution is 2.59. The number of ether oxygens (including phenoxy) is 1. The van der Waals surface area contributed by atoms with Gasteiger partial charge in [-0.25, -0.2) is 13.8 Å². The summed E-state index contributed by atoms with van der Waals surface area (Å²) in [7, 11) is -0.812. The minimum atomic E-state index is -4.37. The first-order chi connectivity index (χ1) is 15.6. The molecule has 0 spiro atoms. The number of fused-ring (bicyclic) bond motifs is 1. The molecule has 3 heterocycles. The van der Waals surface area contributed by atoms with Gasteiger partial charge in [-0.2, -0.15) is 0 Å². The second-order valence-electron chi connectivity index (χ2n) is 9.11. The van der Waals surface area contributed by atoms with Crippen molar-refractivity contribution in [1.82, 2.24) is 9.55 Å². The Morgan fingerprint density at radius 1 is 1.32 bits per heavy atom. The molecule has 1 fully saturated rings. The van der Waals surface area contributed by atoms with Crippen molar-refractivity contribution in [2.45, 2.75) is 49.5 Å². The number of hydrogen-bond acceptors (Lipinski definition) is 9. The number of halogens is 1. The van der Waals surface area contributed by atoms with E-state index in [2.05, 4.69) is 4.98 Å². The maximum Gasteiger partial charge on any atom is 0.529 e. The Kier molecular flexibility index (Phi) is 6.09. The molecule has 0 aliphatic carbocycles. The van der Waals surface area contributed by atoms with Gasteiger partial charge in [-0.15, -0.1) is 0 Å². The first kappa shape index (κ1) is 25.4. The van der Waals surface area contributed by atoms with Crippen molar-refractivity contribution in [3.63, 3.8) is 0 Å². The summed E-state index contributed by atoms with van der Waals surface area (Å²) in [6, 6.07) is 5.25. The van der Waals surface area contributed by atoms with Crippen LogP contribution < -0.4 is 10.2 Å². The van der Waals surface area contributed by atoms with E-state index in [4.69, 9.17) is 30.5 Å². The van der Waals surface area contributed by atoms with Gasteiger partial charge in [0.15, 0.2) is 7.85 Å². The van der Waals surface area contributed by atoms with Crippen LogP contribution in [0, 0.1) is 18.5 Å². The van der Waals surface area contributed by atoms with E-state index < -0.39 is 42.6 Å². The lowest BCUT2D eigenvalue weighted by Crippen LogP contribution is -2.60. The maximum atomic E-state index is 16.4. The number of benzene rings is 1. The Morgan fingerprint density at radius 2 is 2.00 bits per heavy atom. The number of aliphatic hydroxyl groups is 2. The van der Waals surface area contributed by atoms with Crippen LogP contribution in [0.1, 0.15) is 16.7 Å². The first-order valence-corrected chi connectivity index (χ1v) is 12.3. The number of phosphoric acid groups is 1. The number of alkyl halides is 1. The van der Waals surface area contributed by atoms with Crippen LogP contribution in [0.4, 0.5) is 4.39 Å². The predicted octanol–water partition coefficient (Wildman–Crippen LogP) is -1.16. The summed E-state index contributed by atoms with van der Waals surface area (Å²) in [5.74, 6) is -2.85. The molecule has 10 nitrogen and oxygen atoms in total. The highest BCUT2D eigenvalue weighted by atomic mass is 32.1. The number of aromatic nitrogens is 2. The molecule has 2 aliphatic rings. The summed E-state index contributed by atoms with van der Waals surface area (Å²) in [4.78, 5) is 15.0. The zero-order chi connectivity index (χ0) is 25.3. The average Bonchev–Trinajstić information content (AvgIpc) is 2.93. The van der Waals surface area contributed by atoms with Gasteiger partial charge in [0.1, 0.15) is 43.9 Å². The molecule has 1 aromatic carbocycles. The molecule has 16 heteroatoms. The number of nitrogens with one attached hydrogen (secondary N) is 1. The van der Waals surface area contributed by atoms with E-state index in [0.29, 0.717) is 22.4 Å². The summed E-state index contributed by atoms with van der Waals surface area (Å²) in [6.07, 6.45) is -2.83. The molecule has 3 N–H and O–H groups in total. The van der Waals surface area contributed by atoms with Crippen LogP contribution in [0.5, 0.6) is 5.75 Å². The molecule has 1 aromatic heterocycles. The third-order valence-corrected chi connectivity index (χ3v) is 8.17. The lowest BCUT2D eigenvalue weighted by Gasteiger charge is -2.41. The second-order valence-corrected chi connectivity index (χ2v) is 11.0. The largest absolute Gasteiger partial charge is 0.529 e. The van der Waals surface area contributed by atoms with Crippen molar-refractivity contribution in [3.05, 3.63) is 56.2 Å². The van der Waals surface area contributed by atoms with Crippen LogP contribution in [-0.4, -0.2) is 66.8 Å². The summed E-state index contributed by atoms with van der Waals surface area (Å²) in [6.45, 7) is 3.24. The van der Waals surface area contributed by atoms with Crippen LogP contribution in [0.15, 0.2) is 29.2 Å². The minimum Gasteiger partial charge on any atom is -0.403 e. The zero-order valence-corrected chi connectivity index (χ0v) is 20.9. The van der Waals surface area contributed by atoms with Gasteiger partial charge in [0.25, 0.3) is 5.85 Å². The van der Waals surface area contributed by atoms with Crippen molar-refractivity contribution >= 4 is 43.6 Å². The number of H-pyrrole nitrogens is 1. The quantitative estimate of drug-likeness (QED) is 0.265. The van der Waals surface area contributed by atoms with Crippen molar-refractivity contribution in [3.8, 4) is 5.75 Å². The van der Waals surface area contributed by atoms with E-state index in [1.807, 2.05) is 0 Å². The van der Waals surface area contributed by atoms with Crippen molar-refractivity contribution in [2.75, 3.05) is 0 Å². The van der Waals surface area contributed by atoms with Gasteiger partial charge in [0.2, 0.25) is 0 Å². The van der Waals surface area contributed by atoms with E-state index in [-0.39, 0.29) is 11.2 Å². The molecule has 0 radical (unpaired) electrons. The van der Waals surface area contributed by atoms with Crippen LogP contribution in [0.2, 0.25) is 0 Å². The first-order valence-electron chi connectivity index (χ1n) is 10.5. The minimum absolute atomic E-state index is 0.106. The van der Waals surface area contributed by atoms with Crippen LogP contribution >= 0.6 is 20.0 Å². The predicted molar refractivity (Wildman–Crippen MR) is 129 cm³/mol. The fourth-order valence-corrected chi connectivity index (χ4v) is 5.86. The summed E-state index contributed by atoms with van der Waals surface area (Å²) >= 11 is 5.03. The third kappa shape index (κ3) is 3.83. The monoisotopic (exact) mass is 510 g/mol. The number of phosphoric ester groups is 1. The number of para-hydroxylation sites is 1.